The zero-order chi connectivity index (χ0) is 37.7. The molecule has 3 atom stereocenters. The van der Waals surface area contributed by atoms with Gasteiger partial charge in [-0.15, -0.1) is 0 Å². The fourth-order valence-electron chi connectivity index (χ4n) is 8.00. The van der Waals surface area contributed by atoms with Crippen LogP contribution < -0.4 is 5.32 Å². The van der Waals surface area contributed by atoms with Gasteiger partial charge in [0.15, 0.2) is 5.84 Å². The second-order valence-electron chi connectivity index (χ2n) is 15.1. The van der Waals surface area contributed by atoms with E-state index in [4.69, 9.17) is 9.98 Å². The second kappa shape index (κ2) is 16.0. The van der Waals surface area contributed by atoms with Gasteiger partial charge in [-0.2, -0.15) is 0 Å². The third kappa shape index (κ3) is 7.80. The maximum absolute atomic E-state index is 5.15. The number of allylic oxidation sites excluding steroid dienone is 13. The van der Waals surface area contributed by atoms with Crippen LogP contribution in [0.25, 0.3) is 33.4 Å². The van der Waals surface area contributed by atoms with E-state index in [1.165, 1.54) is 50.1 Å². The van der Waals surface area contributed by atoms with E-state index in [1.807, 2.05) is 6.07 Å². The Morgan fingerprint density at radius 3 is 2.02 bits per heavy atom. The fraction of sp³-hybridized carbons (Fsp3) is 0.132. The third-order valence-electron chi connectivity index (χ3n) is 11.1. The van der Waals surface area contributed by atoms with Crippen molar-refractivity contribution >= 4 is 22.8 Å². The van der Waals surface area contributed by atoms with Crippen LogP contribution in [-0.2, 0) is 0 Å². The van der Waals surface area contributed by atoms with E-state index in [0.717, 1.165) is 47.6 Å². The third-order valence-corrected chi connectivity index (χ3v) is 11.1. The molecule has 0 saturated carbocycles. The van der Waals surface area contributed by atoms with Crippen LogP contribution in [0.15, 0.2) is 215 Å². The van der Waals surface area contributed by atoms with Gasteiger partial charge >= 0.3 is 0 Å². The highest BCUT2D eigenvalue weighted by atomic mass is 15.2. The molecule has 1 aliphatic heterocycles. The Balaban J connectivity index is 1.04. The fourth-order valence-corrected chi connectivity index (χ4v) is 8.00. The van der Waals surface area contributed by atoms with Gasteiger partial charge in [0.05, 0.1) is 0 Å². The molecule has 272 valence electrons. The highest BCUT2D eigenvalue weighted by Crippen LogP contribution is 2.36. The first-order chi connectivity index (χ1) is 27.6. The number of rotatable bonds is 8. The summed E-state index contributed by atoms with van der Waals surface area (Å²) in [6.07, 6.45) is 25.3. The topological polar surface area (TPSA) is 36.8 Å². The Morgan fingerprint density at radius 1 is 0.589 bits per heavy atom. The van der Waals surface area contributed by atoms with Gasteiger partial charge in [0.2, 0.25) is 0 Å². The van der Waals surface area contributed by atoms with Gasteiger partial charge in [0.25, 0.3) is 0 Å². The molecule has 3 unspecified atom stereocenters. The quantitative estimate of drug-likeness (QED) is 0.170. The highest BCUT2D eigenvalue weighted by molar-refractivity contribution is 6.13. The number of benzene rings is 5. The van der Waals surface area contributed by atoms with Crippen molar-refractivity contribution in [2.75, 3.05) is 0 Å². The van der Waals surface area contributed by atoms with E-state index in [0.29, 0.717) is 11.8 Å². The predicted octanol–water partition coefficient (Wildman–Crippen LogP) is 12.9. The van der Waals surface area contributed by atoms with Crippen molar-refractivity contribution in [2.24, 2.45) is 21.8 Å². The minimum Gasteiger partial charge on any atom is -0.344 e. The Morgan fingerprint density at radius 2 is 1.27 bits per heavy atom. The first-order valence-corrected chi connectivity index (χ1v) is 19.8. The lowest BCUT2D eigenvalue weighted by Gasteiger charge is -2.25. The van der Waals surface area contributed by atoms with Crippen LogP contribution in [0.5, 0.6) is 0 Å². The molecule has 0 amide bonds. The van der Waals surface area contributed by atoms with Crippen LogP contribution >= 0.6 is 0 Å². The number of aliphatic imine (C=N–C) groups is 2. The van der Waals surface area contributed by atoms with E-state index in [2.05, 4.69) is 200 Å². The maximum atomic E-state index is 5.15. The van der Waals surface area contributed by atoms with Crippen molar-refractivity contribution in [1.29, 1.82) is 0 Å². The van der Waals surface area contributed by atoms with Crippen molar-refractivity contribution in [3.05, 3.63) is 228 Å². The van der Waals surface area contributed by atoms with Crippen LogP contribution in [0.2, 0.25) is 0 Å². The highest BCUT2D eigenvalue weighted by Gasteiger charge is 2.23. The minimum atomic E-state index is -0.218. The van der Waals surface area contributed by atoms with E-state index >= 15 is 0 Å². The maximum Gasteiger partial charge on any atom is 0.155 e. The zero-order valence-electron chi connectivity index (χ0n) is 31.7. The molecule has 0 fully saturated rings. The molecule has 4 aliphatic rings. The Hall–Kier alpha value is -6.58. The van der Waals surface area contributed by atoms with Crippen LogP contribution in [0.4, 0.5) is 0 Å². The summed E-state index contributed by atoms with van der Waals surface area (Å²) in [5.41, 5.74) is 14.5. The summed E-state index contributed by atoms with van der Waals surface area (Å²) in [5, 5.41) is 3.67. The number of amidine groups is 2. The van der Waals surface area contributed by atoms with Crippen LogP contribution in [-0.4, -0.2) is 11.7 Å². The Labute approximate surface area is 331 Å². The molecule has 9 rings (SSSR count). The van der Waals surface area contributed by atoms with E-state index in [9.17, 15) is 0 Å². The first kappa shape index (κ1) is 35.1. The zero-order valence-corrected chi connectivity index (χ0v) is 31.7. The molecule has 0 bridgehead atoms. The van der Waals surface area contributed by atoms with Crippen molar-refractivity contribution < 1.29 is 0 Å². The van der Waals surface area contributed by atoms with Gasteiger partial charge in [0, 0.05) is 11.5 Å². The molecule has 1 heterocycles. The summed E-state index contributed by atoms with van der Waals surface area (Å²) < 4.78 is 0. The van der Waals surface area contributed by atoms with Gasteiger partial charge in [-0.25, -0.2) is 9.98 Å². The Bertz CT molecular complexity index is 2520. The van der Waals surface area contributed by atoms with Crippen LogP contribution in [0.3, 0.4) is 0 Å². The number of nitrogens with zero attached hydrogens (tertiary/aromatic N) is 2. The van der Waals surface area contributed by atoms with Gasteiger partial charge in [-0.3, -0.25) is 0 Å². The second-order valence-corrected chi connectivity index (χ2v) is 15.1. The summed E-state index contributed by atoms with van der Waals surface area (Å²) in [6, 6.07) is 47.8. The minimum absolute atomic E-state index is 0.218. The van der Waals surface area contributed by atoms with Gasteiger partial charge in [-0.1, -0.05) is 189 Å². The van der Waals surface area contributed by atoms with Crippen molar-refractivity contribution in [3.63, 3.8) is 0 Å². The molecule has 3 aliphatic carbocycles. The lowest BCUT2D eigenvalue weighted by molar-refractivity contribution is 0.667. The molecule has 0 spiro atoms. The largest absolute Gasteiger partial charge is 0.344 e. The summed E-state index contributed by atoms with van der Waals surface area (Å²) >= 11 is 0. The van der Waals surface area contributed by atoms with Crippen molar-refractivity contribution in [1.82, 2.24) is 5.32 Å². The molecular weight excluding hydrogens is 679 g/mol. The summed E-state index contributed by atoms with van der Waals surface area (Å²) in [7, 11) is 0. The number of hydrogen-bond donors (Lipinski definition) is 1. The summed E-state index contributed by atoms with van der Waals surface area (Å²) in [4.78, 5) is 10.3. The predicted molar refractivity (Wildman–Crippen MR) is 236 cm³/mol. The lowest BCUT2D eigenvalue weighted by Crippen LogP contribution is -2.34. The average molecular weight is 724 g/mol. The van der Waals surface area contributed by atoms with Crippen molar-refractivity contribution in [3.8, 4) is 22.3 Å². The monoisotopic (exact) mass is 723 g/mol. The first-order valence-electron chi connectivity index (χ1n) is 19.8. The van der Waals surface area contributed by atoms with Crippen molar-refractivity contribution in [2.45, 2.75) is 32.4 Å². The molecule has 3 nitrogen and oxygen atoms in total. The lowest BCUT2D eigenvalue weighted by atomic mass is 9.89. The summed E-state index contributed by atoms with van der Waals surface area (Å²) in [6.45, 7) is 2.24. The number of hydrogen-bond acceptors (Lipinski definition) is 3. The average Bonchev–Trinajstić information content (AvgIpc) is 3.51. The molecule has 5 aromatic carbocycles. The van der Waals surface area contributed by atoms with Gasteiger partial charge in [0.1, 0.15) is 12.0 Å². The molecule has 3 heteroatoms. The summed E-state index contributed by atoms with van der Waals surface area (Å²) in [5.74, 6) is 2.48. The van der Waals surface area contributed by atoms with Gasteiger partial charge < -0.3 is 5.32 Å². The molecule has 1 N–H and O–H groups in total. The Kier molecular flexibility index (Phi) is 10.1. The SMILES string of the molecule is CC1C=CC=C(C2=NC(c3ccccc3)NC(c3cccc(-c4cccc(C5=CC(c6ccc(-c7ccccc7)cc6)=CC(C6C=CC=CC6)=CC5)c4)c3)=N2)C1. The smallest absolute Gasteiger partial charge is 0.155 e. The van der Waals surface area contributed by atoms with Gasteiger partial charge in [-0.05, 0) is 98.5 Å². The molecular formula is C53H45N3. The molecule has 0 aromatic heterocycles. The van der Waals surface area contributed by atoms with Crippen LogP contribution in [0.1, 0.15) is 54.6 Å². The molecule has 5 aromatic rings. The number of nitrogens with one attached hydrogen (secondary N) is 1. The van der Waals surface area contributed by atoms with E-state index in [1.54, 1.807) is 0 Å². The van der Waals surface area contributed by atoms with E-state index in [-0.39, 0.29) is 6.17 Å². The molecule has 0 radical (unpaired) electrons. The standard InChI is InChI=1S/C53H45N3/c1-37-14-11-24-48(32-37)52-54-51(42-19-9-4-10-20-42)55-53(56-52)49-25-13-23-45(34-49)43-21-12-22-44(33-43)47-31-30-46(39-17-7-3-8-18-39)35-50(36-47)41-28-26-40(27-29-41)38-15-5-2-6-16-38/h2-17,19-30,33-37,39,51H,18,31-32H2,1H3,(H,54,55,56). The van der Waals surface area contributed by atoms with Crippen LogP contribution in [0, 0.1) is 11.8 Å². The van der Waals surface area contributed by atoms with E-state index < -0.39 is 0 Å². The molecule has 56 heavy (non-hydrogen) atoms. The normalized spacial score (nSPS) is 20.4. The molecule has 0 saturated heterocycles.